The molecule has 0 bridgehead atoms. The molecule has 1 fully saturated rings. The number of rotatable bonds is 4. The maximum Gasteiger partial charge on any atom is 0.274 e. The number of nitrogens with two attached hydrogens (primary N) is 1. The number of fused-ring (bicyclic) bond motifs is 1. The number of thioether (sulfide) groups is 1. The maximum atomic E-state index is 14.8. The van der Waals surface area contributed by atoms with E-state index in [0.29, 0.717) is 22.0 Å². The molecule has 1 aromatic carbocycles. The molecule has 2 aromatic rings. The quantitative estimate of drug-likeness (QED) is 0.746. The van der Waals surface area contributed by atoms with Gasteiger partial charge in [-0.1, -0.05) is 18.2 Å². The molecule has 2 atom stereocenters. The summed E-state index contributed by atoms with van der Waals surface area (Å²) in [6, 6.07) is 7.58. The standard InChI is InChI=1S/C21H21FN4O2S/c1-12(27)13-4-7-18(24-10-13)19(28)25-15-5-6-17(22)16(9-15)21-8-2-3-14(21)11-29-20(23)26-21/h4-7,9-10,14H,2-3,8,11H2,1H3,(H2,23,26)(H,25,28). The minimum atomic E-state index is -0.665. The van der Waals surface area contributed by atoms with Crippen LogP contribution in [0.4, 0.5) is 10.1 Å². The minimum absolute atomic E-state index is 0.122. The van der Waals surface area contributed by atoms with E-state index in [1.54, 1.807) is 12.1 Å². The summed E-state index contributed by atoms with van der Waals surface area (Å²) in [6.07, 6.45) is 4.05. The zero-order valence-electron chi connectivity index (χ0n) is 15.9. The van der Waals surface area contributed by atoms with E-state index in [2.05, 4.69) is 15.3 Å². The van der Waals surface area contributed by atoms with Crippen LogP contribution in [0.15, 0.2) is 41.5 Å². The number of amides is 1. The lowest BCUT2D eigenvalue weighted by Gasteiger charge is -2.36. The van der Waals surface area contributed by atoms with Gasteiger partial charge in [-0.2, -0.15) is 0 Å². The third-order valence-corrected chi connectivity index (χ3v) is 6.58. The van der Waals surface area contributed by atoms with Gasteiger partial charge in [-0.25, -0.2) is 4.39 Å². The van der Waals surface area contributed by atoms with Crippen molar-refractivity contribution in [2.45, 2.75) is 31.7 Å². The van der Waals surface area contributed by atoms with Crippen molar-refractivity contribution < 1.29 is 14.0 Å². The van der Waals surface area contributed by atoms with Gasteiger partial charge < -0.3 is 11.1 Å². The number of aliphatic imine (C=N–C) groups is 1. The van der Waals surface area contributed by atoms with Gasteiger partial charge in [-0.05, 0) is 56.0 Å². The molecule has 1 aromatic heterocycles. The first kappa shape index (κ1) is 19.6. The van der Waals surface area contributed by atoms with Crippen molar-refractivity contribution in [2.24, 2.45) is 16.6 Å². The lowest BCUT2D eigenvalue weighted by molar-refractivity contribution is 0.100. The molecule has 0 spiro atoms. The van der Waals surface area contributed by atoms with Crippen LogP contribution < -0.4 is 11.1 Å². The van der Waals surface area contributed by atoms with Crippen LogP contribution in [0.3, 0.4) is 0 Å². The molecule has 4 rings (SSSR count). The fraction of sp³-hybridized carbons (Fsp3) is 0.333. The third-order valence-electron chi connectivity index (χ3n) is 5.62. The number of carbonyl (C=O) groups is 2. The molecule has 8 heteroatoms. The van der Waals surface area contributed by atoms with E-state index in [4.69, 9.17) is 5.73 Å². The van der Waals surface area contributed by atoms with Crippen LogP contribution in [0, 0.1) is 11.7 Å². The normalized spacial score (nSPS) is 23.2. The maximum absolute atomic E-state index is 14.8. The Labute approximate surface area is 172 Å². The van der Waals surface area contributed by atoms with E-state index >= 15 is 0 Å². The Morgan fingerprint density at radius 2 is 2.14 bits per heavy atom. The smallest absolute Gasteiger partial charge is 0.274 e. The van der Waals surface area contributed by atoms with Crippen molar-refractivity contribution in [1.82, 2.24) is 4.98 Å². The second-order valence-electron chi connectivity index (χ2n) is 7.41. The molecule has 150 valence electrons. The summed E-state index contributed by atoms with van der Waals surface area (Å²) < 4.78 is 14.8. The van der Waals surface area contributed by atoms with E-state index in [9.17, 15) is 14.0 Å². The van der Waals surface area contributed by atoms with E-state index in [1.165, 1.54) is 43.1 Å². The number of pyridine rings is 1. The summed E-state index contributed by atoms with van der Waals surface area (Å²) in [6.45, 7) is 1.44. The van der Waals surface area contributed by atoms with Crippen molar-refractivity contribution in [3.8, 4) is 0 Å². The Balaban J connectivity index is 1.63. The molecule has 2 unspecified atom stereocenters. The molecule has 1 amide bonds. The molecule has 1 saturated carbocycles. The van der Waals surface area contributed by atoms with Crippen molar-refractivity contribution in [1.29, 1.82) is 0 Å². The highest BCUT2D eigenvalue weighted by atomic mass is 32.2. The fourth-order valence-electron chi connectivity index (χ4n) is 4.13. The zero-order chi connectivity index (χ0) is 20.6. The van der Waals surface area contributed by atoms with Crippen molar-refractivity contribution >= 4 is 34.3 Å². The molecule has 2 heterocycles. The van der Waals surface area contributed by atoms with Gasteiger partial charge >= 0.3 is 0 Å². The molecule has 0 saturated heterocycles. The number of nitrogens with one attached hydrogen (secondary N) is 1. The average molecular weight is 412 g/mol. The number of Topliss-reactive ketones (excluding diaryl/α,β-unsaturated/α-hetero) is 1. The average Bonchev–Trinajstić information content (AvgIpc) is 3.13. The molecular formula is C21H21FN4O2S. The van der Waals surface area contributed by atoms with Crippen LogP contribution in [0.2, 0.25) is 0 Å². The van der Waals surface area contributed by atoms with Crippen LogP contribution in [-0.2, 0) is 5.54 Å². The molecule has 29 heavy (non-hydrogen) atoms. The summed E-state index contributed by atoms with van der Waals surface area (Å²) in [5.41, 5.74) is 6.86. The van der Waals surface area contributed by atoms with E-state index in [0.717, 1.165) is 25.0 Å². The molecule has 1 aliphatic heterocycles. The summed E-state index contributed by atoms with van der Waals surface area (Å²) in [5.74, 6) is 0.143. The Hall–Kier alpha value is -2.74. The number of benzene rings is 1. The van der Waals surface area contributed by atoms with Crippen molar-refractivity contribution in [3.63, 3.8) is 0 Å². The van der Waals surface area contributed by atoms with E-state index in [-0.39, 0.29) is 23.2 Å². The molecule has 6 nitrogen and oxygen atoms in total. The first-order valence-corrected chi connectivity index (χ1v) is 10.4. The van der Waals surface area contributed by atoms with Crippen LogP contribution >= 0.6 is 11.8 Å². The highest BCUT2D eigenvalue weighted by Crippen LogP contribution is 2.51. The second kappa shape index (κ2) is 7.59. The molecule has 1 aliphatic carbocycles. The number of halogens is 1. The highest BCUT2D eigenvalue weighted by Gasteiger charge is 2.48. The van der Waals surface area contributed by atoms with Gasteiger partial charge in [0, 0.05) is 28.8 Å². The van der Waals surface area contributed by atoms with Crippen molar-refractivity contribution in [2.75, 3.05) is 11.1 Å². The molecular weight excluding hydrogens is 391 g/mol. The Morgan fingerprint density at radius 3 is 2.86 bits per heavy atom. The predicted octanol–water partition coefficient (Wildman–Crippen LogP) is 3.73. The van der Waals surface area contributed by atoms with Crippen molar-refractivity contribution in [3.05, 3.63) is 59.2 Å². The monoisotopic (exact) mass is 412 g/mol. The van der Waals surface area contributed by atoms with Crippen LogP contribution in [-0.4, -0.2) is 27.6 Å². The summed E-state index contributed by atoms with van der Waals surface area (Å²) >= 11 is 1.51. The lowest BCUT2D eigenvalue weighted by Crippen LogP contribution is -2.37. The van der Waals surface area contributed by atoms with Gasteiger partial charge in [0.05, 0.1) is 5.54 Å². The third kappa shape index (κ3) is 3.64. The largest absolute Gasteiger partial charge is 0.379 e. The highest BCUT2D eigenvalue weighted by molar-refractivity contribution is 8.13. The number of aromatic nitrogens is 1. The number of hydrogen-bond acceptors (Lipinski definition) is 6. The lowest BCUT2D eigenvalue weighted by atomic mass is 9.81. The minimum Gasteiger partial charge on any atom is -0.379 e. The van der Waals surface area contributed by atoms with Gasteiger partial charge in [-0.15, -0.1) is 0 Å². The van der Waals surface area contributed by atoms with Crippen LogP contribution in [0.25, 0.3) is 0 Å². The Kier molecular flexibility index (Phi) is 5.12. The molecule has 2 aliphatic rings. The SMILES string of the molecule is CC(=O)c1ccc(C(=O)Nc2ccc(F)c(C34CCCC3CSC(N)=N4)c2)nc1. The number of carbonyl (C=O) groups excluding carboxylic acids is 2. The van der Waals surface area contributed by atoms with E-state index in [1.807, 2.05) is 0 Å². The van der Waals surface area contributed by atoms with Gasteiger partial charge in [0.25, 0.3) is 5.91 Å². The first-order chi connectivity index (χ1) is 13.9. The summed E-state index contributed by atoms with van der Waals surface area (Å²) in [4.78, 5) is 32.6. The topological polar surface area (TPSA) is 97.4 Å². The van der Waals surface area contributed by atoms with Gasteiger partial charge in [0.15, 0.2) is 11.0 Å². The number of hydrogen-bond donors (Lipinski definition) is 2. The molecule has 0 radical (unpaired) electrons. The first-order valence-electron chi connectivity index (χ1n) is 9.45. The van der Waals surface area contributed by atoms with Gasteiger partial charge in [0.2, 0.25) is 0 Å². The van der Waals surface area contributed by atoms with Gasteiger partial charge in [-0.3, -0.25) is 19.6 Å². The second-order valence-corrected chi connectivity index (χ2v) is 8.45. The number of ketones is 1. The van der Waals surface area contributed by atoms with Crippen LogP contribution in [0.5, 0.6) is 0 Å². The summed E-state index contributed by atoms with van der Waals surface area (Å²) in [7, 11) is 0. The zero-order valence-corrected chi connectivity index (χ0v) is 16.8. The van der Waals surface area contributed by atoms with Gasteiger partial charge in [0.1, 0.15) is 11.5 Å². The number of nitrogens with zero attached hydrogens (tertiary/aromatic N) is 2. The summed E-state index contributed by atoms with van der Waals surface area (Å²) in [5, 5.41) is 3.24. The van der Waals surface area contributed by atoms with Crippen LogP contribution in [0.1, 0.15) is 52.6 Å². The number of anilines is 1. The van der Waals surface area contributed by atoms with E-state index < -0.39 is 11.4 Å². The number of amidine groups is 1. The Morgan fingerprint density at radius 1 is 1.31 bits per heavy atom. The molecule has 3 N–H and O–H groups in total. The Bertz CT molecular complexity index is 1010. The fourth-order valence-corrected chi connectivity index (χ4v) is 5.17. The predicted molar refractivity (Wildman–Crippen MR) is 112 cm³/mol.